The van der Waals surface area contributed by atoms with E-state index in [2.05, 4.69) is 10.4 Å². The fourth-order valence-corrected chi connectivity index (χ4v) is 3.71. The van der Waals surface area contributed by atoms with Crippen LogP contribution in [0, 0.1) is 0 Å². The Hall–Kier alpha value is -1.46. The van der Waals surface area contributed by atoms with Crippen molar-refractivity contribution in [2.24, 2.45) is 0 Å². The third-order valence-electron chi connectivity index (χ3n) is 4.04. The predicted octanol–water partition coefficient (Wildman–Crippen LogP) is 4.77. The molecule has 23 heavy (non-hydrogen) atoms. The van der Waals surface area contributed by atoms with Crippen molar-refractivity contribution in [3.05, 3.63) is 41.6 Å². The lowest BCUT2D eigenvalue weighted by molar-refractivity contribution is -0.113. The van der Waals surface area contributed by atoms with E-state index in [1.807, 2.05) is 35.0 Å². The van der Waals surface area contributed by atoms with E-state index in [1.54, 1.807) is 6.20 Å². The van der Waals surface area contributed by atoms with E-state index in [-0.39, 0.29) is 5.91 Å². The Morgan fingerprint density at radius 2 is 1.96 bits per heavy atom. The maximum Gasteiger partial charge on any atom is 0.235 e. The number of nitrogens with zero attached hydrogens (tertiary/aromatic N) is 2. The molecule has 0 radical (unpaired) electrons. The molecule has 2 aromatic rings. The Labute approximate surface area is 145 Å². The summed E-state index contributed by atoms with van der Waals surface area (Å²) < 4.78 is 1.98. The van der Waals surface area contributed by atoms with Gasteiger partial charge in [-0.15, -0.1) is 11.8 Å². The molecule has 1 N–H and O–H groups in total. The average molecular weight is 350 g/mol. The first kappa shape index (κ1) is 16.4. The molecule has 1 aliphatic rings. The second-order valence-electron chi connectivity index (χ2n) is 5.74. The zero-order valence-electron chi connectivity index (χ0n) is 12.9. The zero-order chi connectivity index (χ0) is 16.1. The van der Waals surface area contributed by atoms with Crippen LogP contribution in [-0.2, 0) is 4.79 Å². The number of anilines is 1. The number of hydrogen-bond donors (Lipinski definition) is 1. The highest BCUT2D eigenvalue weighted by molar-refractivity contribution is 8.00. The molecule has 3 rings (SSSR count). The summed E-state index contributed by atoms with van der Waals surface area (Å²) in [7, 11) is 0. The van der Waals surface area contributed by atoms with Gasteiger partial charge in [-0.3, -0.25) is 4.79 Å². The van der Waals surface area contributed by atoms with Crippen LogP contribution in [0.2, 0.25) is 5.02 Å². The number of carbonyl (C=O) groups excluding carboxylic acids is 1. The Bertz CT molecular complexity index is 650. The topological polar surface area (TPSA) is 46.9 Å². The molecule has 1 aliphatic carbocycles. The average Bonchev–Trinajstić information content (AvgIpc) is 3.03. The highest BCUT2D eigenvalue weighted by Gasteiger charge is 2.19. The largest absolute Gasteiger partial charge is 0.310 e. The number of nitrogens with one attached hydrogen (secondary N) is 1. The maximum absolute atomic E-state index is 12.2. The summed E-state index contributed by atoms with van der Waals surface area (Å²) in [5.41, 5.74) is 0. The molecule has 1 aromatic carbocycles. The Morgan fingerprint density at radius 1 is 1.22 bits per heavy atom. The first-order chi connectivity index (χ1) is 11.2. The first-order valence-corrected chi connectivity index (χ1v) is 9.30. The van der Waals surface area contributed by atoms with E-state index in [0.717, 1.165) is 23.6 Å². The van der Waals surface area contributed by atoms with Gasteiger partial charge in [0.05, 0.1) is 18.0 Å². The second-order valence-corrected chi connectivity index (χ2v) is 7.23. The minimum atomic E-state index is -0.0116. The van der Waals surface area contributed by atoms with Gasteiger partial charge in [-0.05, 0) is 37.1 Å². The van der Waals surface area contributed by atoms with Gasteiger partial charge in [-0.1, -0.05) is 30.9 Å². The molecule has 4 nitrogen and oxygen atoms in total. The fraction of sp³-hybridized carbons (Fsp3) is 0.412. The van der Waals surface area contributed by atoms with Gasteiger partial charge >= 0.3 is 0 Å². The van der Waals surface area contributed by atoms with Crippen molar-refractivity contribution in [3.8, 4) is 0 Å². The molecule has 0 aliphatic heterocycles. The highest BCUT2D eigenvalue weighted by atomic mass is 35.5. The summed E-state index contributed by atoms with van der Waals surface area (Å²) in [4.78, 5) is 13.2. The molecule has 0 unspecified atom stereocenters. The second kappa shape index (κ2) is 7.88. The number of carbonyl (C=O) groups is 1. The van der Waals surface area contributed by atoms with Gasteiger partial charge in [0.1, 0.15) is 5.82 Å². The van der Waals surface area contributed by atoms with Crippen LogP contribution in [0.4, 0.5) is 5.82 Å². The quantitative estimate of drug-likeness (QED) is 0.791. The minimum absolute atomic E-state index is 0.0116. The summed E-state index contributed by atoms with van der Waals surface area (Å²) in [6, 6.07) is 9.80. The molecule has 1 aromatic heterocycles. The molecular formula is C17H20ClN3OS. The molecular weight excluding hydrogens is 330 g/mol. The predicted molar refractivity (Wildman–Crippen MR) is 95.2 cm³/mol. The summed E-state index contributed by atoms with van der Waals surface area (Å²) in [5, 5.41) is 8.09. The van der Waals surface area contributed by atoms with E-state index >= 15 is 0 Å². The van der Waals surface area contributed by atoms with Crippen molar-refractivity contribution in [1.29, 1.82) is 0 Å². The number of aromatic nitrogens is 2. The van der Waals surface area contributed by atoms with Gasteiger partial charge in [0.2, 0.25) is 5.91 Å². The van der Waals surface area contributed by atoms with Gasteiger partial charge in [0, 0.05) is 16.0 Å². The first-order valence-electron chi connectivity index (χ1n) is 7.94. The molecule has 1 saturated carbocycles. The van der Waals surface area contributed by atoms with Crippen molar-refractivity contribution in [1.82, 2.24) is 9.78 Å². The number of amides is 1. The Morgan fingerprint density at radius 3 is 2.70 bits per heavy atom. The van der Waals surface area contributed by atoms with Gasteiger partial charge in [0.25, 0.3) is 0 Å². The molecule has 122 valence electrons. The molecule has 0 spiro atoms. The Balaban J connectivity index is 1.55. The number of rotatable bonds is 5. The fourth-order valence-electron chi connectivity index (χ4n) is 2.89. The van der Waals surface area contributed by atoms with E-state index in [4.69, 9.17) is 11.6 Å². The molecule has 0 bridgehead atoms. The van der Waals surface area contributed by atoms with Crippen LogP contribution >= 0.6 is 23.4 Å². The van der Waals surface area contributed by atoms with Crippen LogP contribution in [0.3, 0.4) is 0 Å². The molecule has 6 heteroatoms. The van der Waals surface area contributed by atoms with Crippen molar-refractivity contribution in [2.75, 3.05) is 11.1 Å². The van der Waals surface area contributed by atoms with E-state index < -0.39 is 0 Å². The van der Waals surface area contributed by atoms with Crippen LogP contribution < -0.4 is 5.32 Å². The lowest BCUT2D eigenvalue weighted by Crippen LogP contribution is -2.21. The van der Waals surface area contributed by atoms with Crippen molar-refractivity contribution >= 4 is 35.1 Å². The van der Waals surface area contributed by atoms with E-state index in [1.165, 1.54) is 31.0 Å². The summed E-state index contributed by atoms with van der Waals surface area (Å²) in [6.45, 7) is 0. The number of halogens is 1. The van der Waals surface area contributed by atoms with Crippen LogP contribution in [0.5, 0.6) is 0 Å². The van der Waals surface area contributed by atoms with Crippen molar-refractivity contribution in [3.63, 3.8) is 0 Å². The summed E-state index contributed by atoms with van der Waals surface area (Å²) in [5.74, 6) is 1.17. The third kappa shape index (κ3) is 4.52. The van der Waals surface area contributed by atoms with Gasteiger partial charge in [0.15, 0.2) is 0 Å². The van der Waals surface area contributed by atoms with Gasteiger partial charge in [-0.2, -0.15) is 5.10 Å². The van der Waals surface area contributed by atoms with Crippen LogP contribution in [-0.4, -0.2) is 21.4 Å². The number of hydrogen-bond acceptors (Lipinski definition) is 3. The van der Waals surface area contributed by atoms with E-state index in [9.17, 15) is 4.79 Å². The molecule has 0 saturated heterocycles. The standard InChI is InChI=1S/C17H20ClN3OS/c18-13-6-8-15(9-7-13)23-12-17(22)20-16-10-11-19-21(16)14-4-2-1-3-5-14/h6-11,14H,1-5,12H2,(H,20,22). The van der Waals surface area contributed by atoms with Gasteiger partial charge < -0.3 is 5.32 Å². The normalized spacial score (nSPS) is 15.5. The number of benzene rings is 1. The molecule has 1 amide bonds. The van der Waals surface area contributed by atoms with E-state index in [0.29, 0.717) is 16.8 Å². The number of thioether (sulfide) groups is 1. The monoisotopic (exact) mass is 349 g/mol. The highest BCUT2D eigenvalue weighted by Crippen LogP contribution is 2.30. The van der Waals surface area contributed by atoms with Crippen LogP contribution in [0.15, 0.2) is 41.4 Å². The summed E-state index contributed by atoms with van der Waals surface area (Å²) in [6.07, 6.45) is 7.83. The zero-order valence-corrected chi connectivity index (χ0v) is 14.4. The van der Waals surface area contributed by atoms with Gasteiger partial charge in [-0.25, -0.2) is 4.68 Å². The maximum atomic E-state index is 12.2. The lowest BCUT2D eigenvalue weighted by Gasteiger charge is -2.23. The lowest BCUT2D eigenvalue weighted by atomic mass is 9.96. The third-order valence-corrected chi connectivity index (χ3v) is 5.31. The smallest absolute Gasteiger partial charge is 0.235 e. The molecule has 0 atom stereocenters. The molecule has 1 heterocycles. The van der Waals surface area contributed by atoms with Crippen molar-refractivity contribution in [2.45, 2.75) is 43.0 Å². The SMILES string of the molecule is O=C(CSc1ccc(Cl)cc1)Nc1ccnn1C1CCCCC1. The van der Waals surface area contributed by atoms with Crippen LogP contribution in [0.1, 0.15) is 38.1 Å². The molecule has 1 fully saturated rings. The summed E-state index contributed by atoms with van der Waals surface area (Å²) >= 11 is 7.36. The van der Waals surface area contributed by atoms with Crippen LogP contribution in [0.25, 0.3) is 0 Å². The minimum Gasteiger partial charge on any atom is -0.310 e. The Kier molecular flexibility index (Phi) is 5.62. The van der Waals surface area contributed by atoms with Crippen molar-refractivity contribution < 1.29 is 4.79 Å².